The number of carbonyl (C=O) groups is 2. The van der Waals surface area contributed by atoms with E-state index in [4.69, 9.17) is 14.2 Å². The predicted molar refractivity (Wildman–Crippen MR) is 135 cm³/mol. The zero-order valence-electron chi connectivity index (χ0n) is 21.4. The first-order valence-corrected chi connectivity index (χ1v) is 11.7. The molecule has 2 aromatic carbocycles. The summed E-state index contributed by atoms with van der Waals surface area (Å²) in [4.78, 5) is 27.2. The van der Waals surface area contributed by atoms with Crippen molar-refractivity contribution in [3.05, 3.63) is 70.3 Å². The van der Waals surface area contributed by atoms with Crippen LogP contribution in [0.5, 0.6) is 17.2 Å². The fraction of sp³-hybridized carbons (Fsp3) is 0.357. The summed E-state index contributed by atoms with van der Waals surface area (Å²) in [6, 6.07) is 9.46. The van der Waals surface area contributed by atoms with Crippen molar-refractivity contribution in [2.45, 2.75) is 39.5 Å². The molecule has 2 aliphatic rings. The minimum absolute atomic E-state index is 0.0452. The van der Waals surface area contributed by atoms with Gasteiger partial charge in [0, 0.05) is 34.9 Å². The molecule has 190 valence electrons. The van der Waals surface area contributed by atoms with Crippen molar-refractivity contribution in [3.8, 4) is 17.2 Å². The van der Waals surface area contributed by atoms with E-state index in [2.05, 4.69) is 10.6 Å². The second-order valence-corrected chi connectivity index (χ2v) is 9.82. The molecule has 0 fully saturated rings. The molecule has 8 heteroatoms. The molecule has 0 bridgehead atoms. The normalized spacial score (nSPS) is 18.9. The van der Waals surface area contributed by atoms with Crippen LogP contribution in [0.4, 0.5) is 10.1 Å². The number of hydrogen-bond acceptors (Lipinski definition) is 6. The van der Waals surface area contributed by atoms with Gasteiger partial charge in [-0.25, -0.2) is 4.39 Å². The van der Waals surface area contributed by atoms with E-state index in [-0.39, 0.29) is 16.9 Å². The van der Waals surface area contributed by atoms with Gasteiger partial charge in [0.2, 0.25) is 5.75 Å². The van der Waals surface area contributed by atoms with Crippen molar-refractivity contribution in [3.63, 3.8) is 0 Å². The van der Waals surface area contributed by atoms with Crippen LogP contribution in [0.1, 0.15) is 45.1 Å². The molecular formula is C28H31FN2O5. The van der Waals surface area contributed by atoms with Gasteiger partial charge in [0.05, 0.1) is 27.0 Å². The van der Waals surface area contributed by atoms with Crippen LogP contribution in [0.2, 0.25) is 0 Å². The van der Waals surface area contributed by atoms with E-state index in [1.54, 1.807) is 31.2 Å². The molecule has 2 N–H and O–H groups in total. The van der Waals surface area contributed by atoms with Crippen molar-refractivity contribution in [2.24, 2.45) is 5.41 Å². The summed E-state index contributed by atoms with van der Waals surface area (Å²) in [6.07, 6.45) is 0.990. The summed E-state index contributed by atoms with van der Waals surface area (Å²) in [5.74, 6) is -0.603. The van der Waals surface area contributed by atoms with Crippen molar-refractivity contribution in [1.29, 1.82) is 0 Å². The zero-order valence-corrected chi connectivity index (χ0v) is 21.4. The minimum Gasteiger partial charge on any atom is -0.493 e. The molecule has 1 amide bonds. The zero-order chi connectivity index (χ0) is 26.2. The maximum absolute atomic E-state index is 14.4. The number of benzene rings is 2. The number of Topliss-reactive ketones (excluding diaryl/α,β-unsaturated/α-hetero) is 1. The molecule has 0 saturated heterocycles. The van der Waals surface area contributed by atoms with Crippen LogP contribution in [0.25, 0.3) is 0 Å². The lowest BCUT2D eigenvalue weighted by molar-refractivity contribution is -0.118. The number of methoxy groups -OCH3 is 3. The molecule has 0 aromatic heterocycles. The monoisotopic (exact) mass is 494 g/mol. The molecule has 2 aromatic rings. The van der Waals surface area contributed by atoms with Crippen molar-refractivity contribution >= 4 is 17.4 Å². The van der Waals surface area contributed by atoms with Crippen LogP contribution in [0.15, 0.2) is 58.9 Å². The molecule has 4 rings (SSSR count). The molecule has 36 heavy (non-hydrogen) atoms. The number of anilines is 1. The Morgan fingerprint density at radius 3 is 2.28 bits per heavy atom. The van der Waals surface area contributed by atoms with Crippen LogP contribution in [0, 0.1) is 11.2 Å². The lowest BCUT2D eigenvalue weighted by Gasteiger charge is -2.39. The molecule has 1 aliphatic heterocycles. The second kappa shape index (κ2) is 9.68. The predicted octanol–water partition coefficient (Wildman–Crippen LogP) is 5.09. The number of ether oxygens (including phenoxy) is 3. The maximum atomic E-state index is 14.4. The first kappa shape index (κ1) is 25.3. The molecular weight excluding hydrogens is 463 g/mol. The van der Waals surface area contributed by atoms with Crippen molar-refractivity contribution in [2.75, 3.05) is 26.6 Å². The Morgan fingerprint density at radius 1 is 1.06 bits per heavy atom. The summed E-state index contributed by atoms with van der Waals surface area (Å²) in [7, 11) is 4.53. The fourth-order valence-corrected chi connectivity index (χ4v) is 5.09. The number of para-hydroxylation sites is 1. The summed E-state index contributed by atoms with van der Waals surface area (Å²) >= 11 is 0. The Bertz CT molecular complexity index is 1270. The Hall–Kier alpha value is -3.81. The van der Waals surface area contributed by atoms with Crippen LogP contribution in [-0.2, 0) is 9.59 Å². The molecule has 0 radical (unpaired) electrons. The van der Waals surface area contributed by atoms with Gasteiger partial charge in [-0.2, -0.15) is 0 Å². The van der Waals surface area contributed by atoms with E-state index in [9.17, 15) is 14.0 Å². The SMILES string of the molecule is COc1cc(C2C(C(=O)Nc3ccccc3F)=C(C)NC3=C2C(=O)CC(C)(C)C3)cc(OC)c1OC. The highest BCUT2D eigenvalue weighted by atomic mass is 19.1. The van der Waals surface area contributed by atoms with Crippen LogP contribution < -0.4 is 24.8 Å². The van der Waals surface area contributed by atoms with Crippen LogP contribution in [-0.4, -0.2) is 33.0 Å². The van der Waals surface area contributed by atoms with E-state index in [0.717, 1.165) is 5.70 Å². The highest BCUT2D eigenvalue weighted by molar-refractivity contribution is 6.10. The smallest absolute Gasteiger partial charge is 0.254 e. The van der Waals surface area contributed by atoms with Gasteiger partial charge in [0.1, 0.15) is 5.82 Å². The maximum Gasteiger partial charge on any atom is 0.254 e. The van der Waals surface area contributed by atoms with Gasteiger partial charge in [-0.05, 0) is 48.6 Å². The van der Waals surface area contributed by atoms with Gasteiger partial charge in [0.25, 0.3) is 5.91 Å². The fourth-order valence-electron chi connectivity index (χ4n) is 5.09. The molecule has 1 unspecified atom stereocenters. The van der Waals surface area contributed by atoms with E-state index >= 15 is 0 Å². The number of rotatable bonds is 6. The number of nitrogens with one attached hydrogen (secondary N) is 2. The number of amides is 1. The molecule has 1 atom stereocenters. The highest BCUT2D eigenvalue weighted by Gasteiger charge is 2.43. The first-order chi connectivity index (χ1) is 17.1. The molecule has 1 heterocycles. The molecule has 0 spiro atoms. The average molecular weight is 495 g/mol. The third-order valence-electron chi connectivity index (χ3n) is 6.63. The van der Waals surface area contributed by atoms with Crippen LogP contribution >= 0.6 is 0 Å². The van der Waals surface area contributed by atoms with Gasteiger partial charge in [-0.3, -0.25) is 9.59 Å². The number of hydrogen-bond donors (Lipinski definition) is 2. The largest absolute Gasteiger partial charge is 0.493 e. The Kier molecular flexibility index (Phi) is 6.80. The summed E-state index contributed by atoms with van der Waals surface area (Å²) in [5, 5.41) is 6.00. The van der Waals surface area contributed by atoms with E-state index < -0.39 is 17.6 Å². The number of halogens is 1. The van der Waals surface area contributed by atoms with Gasteiger partial charge >= 0.3 is 0 Å². The lowest BCUT2D eigenvalue weighted by atomic mass is 9.68. The molecule has 1 aliphatic carbocycles. The first-order valence-electron chi connectivity index (χ1n) is 11.7. The van der Waals surface area contributed by atoms with Gasteiger partial charge in [-0.1, -0.05) is 26.0 Å². The summed E-state index contributed by atoms with van der Waals surface area (Å²) < 4.78 is 30.9. The second-order valence-electron chi connectivity index (χ2n) is 9.82. The average Bonchev–Trinajstić information content (AvgIpc) is 2.82. The van der Waals surface area contributed by atoms with Gasteiger partial charge in [0.15, 0.2) is 17.3 Å². The number of carbonyl (C=O) groups excluding carboxylic acids is 2. The third-order valence-corrected chi connectivity index (χ3v) is 6.63. The summed E-state index contributed by atoms with van der Waals surface area (Å²) in [6.45, 7) is 5.88. The van der Waals surface area contributed by atoms with E-state index in [1.807, 2.05) is 13.8 Å². The highest BCUT2D eigenvalue weighted by Crippen LogP contribution is 2.49. The Labute approximate surface area is 210 Å². The number of allylic oxidation sites excluding steroid dienone is 3. The third kappa shape index (κ3) is 4.55. The minimum atomic E-state index is -0.717. The van der Waals surface area contributed by atoms with Gasteiger partial charge in [-0.15, -0.1) is 0 Å². The van der Waals surface area contributed by atoms with Crippen LogP contribution in [0.3, 0.4) is 0 Å². The quantitative estimate of drug-likeness (QED) is 0.582. The lowest BCUT2D eigenvalue weighted by Crippen LogP contribution is -2.39. The van der Waals surface area contributed by atoms with Crippen molar-refractivity contribution < 1.29 is 28.2 Å². The standard InChI is InChI=1S/C28H31FN2O5/c1-15-23(27(33)31-18-10-8-7-9-17(18)29)24(25-19(30-15)13-28(2,3)14-20(25)32)16-11-21(34-4)26(36-6)22(12-16)35-5/h7-12,24,30H,13-14H2,1-6H3,(H,31,33). The summed E-state index contributed by atoms with van der Waals surface area (Å²) in [5.41, 5.74) is 2.68. The van der Waals surface area contributed by atoms with Crippen molar-refractivity contribution in [1.82, 2.24) is 5.32 Å². The van der Waals surface area contributed by atoms with E-state index in [1.165, 1.54) is 33.5 Å². The molecule has 7 nitrogen and oxygen atoms in total. The number of ketones is 1. The topological polar surface area (TPSA) is 85.9 Å². The Morgan fingerprint density at radius 2 is 1.69 bits per heavy atom. The van der Waals surface area contributed by atoms with E-state index in [0.29, 0.717) is 52.5 Å². The Balaban J connectivity index is 1.91. The number of dihydropyridines is 1. The van der Waals surface area contributed by atoms with Gasteiger partial charge < -0.3 is 24.8 Å². The molecule has 0 saturated carbocycles.